The second kappa shape index (κ2) is 5.12. The van der Waals surface area contributed by atoms with Gasteiger partial charge in [0.15, 0.2) is 0 Å². The Kier molecular flexibility index (Phi) is 3.05. The highest BCUT2D eigenvalue weighted by Gasteiger charge is 2.22. The molecule has 0 saturated heterocycles. The fraction of sp³-hybridized carbons (Fsp3) is 0. The highest BCUT2D eigenvalue weighted by atomic mass is 19.1. The van der Waals surface area contributed by atoms with Gasteiger partial charge < -0.3 is 14.5 Å². The summed E-state index contributed by atoms with van der Waals surface area (Å²) in [5.74, 6) is -2.15. The van der Waals surface area contributed by atoms with Crippen LogP contribution in [0.25, 0.3) is 33.6 Å². The molecule has 0 aliphatic carbocycles. The molecule has 0 atom stereocenters. The number of nitrogens with zero attached hydrogens (tertiary/aromatic N) is 2. The Hall–Kier alpha value is -3.29. The number of aromatic amines is 1. The van der Waals surface area contributed by atoms with E-state index in [1.165, 1.54) is 24.3 Å². The monoisotopic (exact) mass is 331 g/mol. The van der Waals surface area contributed by atoms with Gasteiger partial charge in [0.05, 0.1) is 16.8 Å². The number of aromatic nitrogens is 3. The molecule has 8 heteroatoms. The molecule has 4 aromatic rings. The van der Waals surface area contributed by atoms with E-state index in [1.807, 2.05) is 0 Å². The van der Waals surface area contributed by atoms with Crippen LogP contribution in [0.3, 0.4) is 0 Å². The number of hydrogen-bond acceptors (Lipinski definition) is 4. The van der Waals surface area contributed by atoms with E-state index in [4.69, 9.17) is 4.42 Å². The first kappa shape index (κ1) is 14.3. The fourth-order valence-corrected chi connectivity index (χ4v) is 2.59. The normalized spacial score (nSPS) is 11.3. The lowest BCUT2D eigenvalue weighted by Crippen LogP contribution is -1.84. The van der Waals surface area contributed by atoms with Gasteiger partial charge in [0, 0.05) is 11.5 Å². The van der Waals surface area contributed by atoms with Crippen molar-refractivity contribution in [3.05, 3.63) is 53.8 Å². The summed E-state index contributed by atoms with van der Waals surface area (Å²) in [6.45, 7) is 0. The highest BCUT2D eigenvalue weighted by Crippen LogP contribution is 2.39. The maximum absolute atomic E-state index is 14.1. The Morgan fingerprint density at radius 2 is 1.71 bits per heavy atom. The number of H-pyrrole nitrogens is 1. The van der Waals surface area contributed by atoms with Crippen LogP contribution in [0.2, 0.25) is 0 Å². The molecule has 5 nitrogen and oxygen atoms in total. The van der Waals surface area contributed by atoms with E-state index in [0.717, 1.165) is 12.1 Å². The van der Waals surface area contributed by atoms with E-state index in [2.05, 4.69) is 15.2 Å². The molecule has 2 aromatic carbocycles. The highest BCUT2D eigenvalue weighted by molar-refractivity contribution is 6.02. The Morgan fingerprint density at radius 1 is 0.958 bits per heavy atom. The van der Waals surface area contributed by atoms with Crippen molar-refractivity contribution in [2.75, 3.05) is 0 Å². The quantitative estimate of drug-likeness (QED) is 0.582. The standard InChI is InChI=1S/C16H8F3N3O2/c17-8-3-1-7(2-4-8)13-12(15-21-22-16(23)24-15)10-5-9(18)6-11(19)14(10)20-13/h1-6,20H,(H,22,23). The van der Waals surface area contributed by atoms with Crippen molar-refractivity contribution in [3.8, 4) is 28.8 Å². The van der Waals surface area contributed by atoms with E-state index in [-0.39, 0.29) is 22.4 Å². The number of hydrogen-bond donors (Lipinski definition) is 2. The van der Waals surface area contributed by atoms with Crippen molar-refractivity contribution in [2.24, 2.45) is 0 Å². The molecule has 2 N–H and O–H groups in total. The average Bonchev–Trinajstić information content (AvgIpc) is 3.11. The second-order valence-electron chi connectivity index (χ2n) is 5.08. The summed E-state index contributed by atoms with van der Waals surface area (Å²) >= 11 is 0. The van der Waals surface area contributed by atoms with Gasteiger partial charge >= 0.3 is 6.08 Å². The van der Waals surface area contributed by atoms with Crippen molar-refractivity contribution >= 4 is 10.9 Å². The topological polar surface area (TPSA) is 74.9 Å². The van der Waals surface area contributed by atoms with Gasteiger partial charge in [-0.1, -0.05) is 5.10 Å². The Morgan fingerprint density at radius 3 is 2.38 bits per heavy atom. The molecule has 0 bridgehead atoms. The lowest BCUT2D eigenvalue weighted by atomic mass is 10.0. The van der Waals surface area contributed by atoms with Crippen LogP contribution in [-0.4, -0.2) is 20.3 Å². The van der Waals surface area contributed by atoms with E-state index < -0.39 is 23.5 Å². The first-order valence-electron chi connectivity index (χ1n) is 6.82. The van der Waals surface area contributed by atoms with E-state index >= 15 is 0 Å². The molecule has 0 fully saturated rings. The number of aromatic hydroxyl groups is 1. The van der Waals surface area contributed by atoms with Crippen LogP contribution >= 0.6 is 0 Å². The van der Waals surface area contributed by atoms with Crippen molar-refractivity contribution in [2.45, 2.75) is 0 Å². The minimum absolute atomic E-state index is 0.0309. The predicted molar refractivity (Wildman–Crippen MR) is 78.6 cm³/mol. The molecule has 120 valence electrons. The smallest absolute Gasteiger partial charge is 0.412 e. The van der Waals surface area contributed by atoms with Gasteiger partial charge in [0.2, 0.25) is 0 Å². The molecule has 0 amide bonds. The lowest BCUT2D eigenvalue weighted by Gasteiger charge is -2.01. The molecule has 2 aromatic heterocycles. The van der Waals surface area contributed by atoms with Gasteiger partial charge in [-0.2, -0.15) is 0 Å². The number of rotatable bonds is 2. The van der Waals surface area contributed by atoms with Crippen molar-refractivity contribution in [3.63, 3.8) is 0 Å². The third-order valence-electron chi connectivity index (χ3n) is 3.59. The number of nitrogens with one attached hydrogen (secondary N) is 1. The van der Waals surface area contributed by atoms with Gasteiger partial charge in [-0.25, -0.2) is 13.2 Å². The zero-order valence-electron chi connectivity index (χ0n) is 11.8. The van der Waals surface area contributed by atoms with Gasteiger partial charge in [0.1, 0.15) is 17.5 Å². The second-order valence-corrected chi connectivity index (χ2v) is 5.08. The van der Waals surface area contributed by atoms with Crippen LogP contribution in [0, 0.1) is 17.5 Å². The maximum atomic E-state index is 14.1. The summed E-state index contributed by atoms with van der Waals surface area (Å²) in [6.07, 6.45) is -0.679. The van der Waals surface area contributed by atoms with Crippen molar-refractivity contribution in [1.29, 1.82) is 0 Å². The zero-order valence-corrected chi connectivity index (χ0v) is 11.8. The molecule has 0 aliphatic heterocycles. The Labute approximate surface area is 132 Å². The maximum Gasteiger partial charge on any atom is 0.412 e. The third kappa shape index (κ3) is 2.19. The first-order valence-corrected chi connectivity index (χ1v) is 6.82. The summed E-state index contributed by atoms with van der Waals surface area (Å²) < 4.78 is 45.9. The Bertz CT molecular complexity index is 1050. The number of benzene rings is 2. The van der Waals surface area contributed by atoms with E-state index in [1.54, 1.807) is 0 Å². The molecule has 0 unspecified atom stereocenters. The molecule has 0 radical (unpaired) electrons. The largest absolute Gasteiger partial charge is 0.465 e. The molecular formula is C16H8F3N3O2. The Balaban J connectivity index is 2.08. The molecule has 4 rings (SSSR count). The summed E-state index contributed by atoms with van der Waals surface area (Å²) in [7, 11) is 0. The van der Waals surface area contributed by atoms with Gasteiger partial charge in [-0.15, -0.1) is 5.10 Å². The van der Waals surface area contributed by atoms with E-state index in [0.29, 0.717) is 11.3 Å². The molecule has 0 saturated carbocycles. The minimum atomic E-state index is -0.802. The summed E-state index contributed by atoms with van der Waals surface area (Å²) in [5.41, 5.74) is 1.07. The first-order chi connectivity index (χ1) is 11.5. The number of halogens is 3. The van der Waals surface area contributed by atoms with Crippen LogP contribution < -0.4 is 0 Å². The summed E-state index contributed by atoms with van der Waals surface area (Å²) in [5, 5.41) is 16.5. The summed E-state index contributed by atoms with van der Waals surface area (Å²) in [4.78, 5) is 2.83. The van der Waals surface area contributed by atoms with Crippen LogP contribution in [0.15, 0.2) is 40.8 Å². The molecule has 24 heavy (non-hydrogen) atoms. The van der Waals surface area contributed by atoms with Crippen LogP contribution in [0.1, 0.15) is 0 Å². The zero-order chi connectivity index (χ0) is 16.8. The van der Waals surface area contributed by atoms with Crippen molar-refractivity contribution < 1.29 is 22.7 Å². The predicted octanol–water partition coefficient (Wildman–Crippen LogP) is 4.01. The van der Waals surface area contributed by atoms with Gasteiger partial charge in [0.25, 0.3) is 5.89 Å². The molecule has 2 heterocycles. The SMILES string of the molecule is Oc1nnc(-c2c(-c3ccc(F)cc3)[nH]c3c(F)cc(F)cc23)o1. The molecule has 0 aliphatic rings. The lowest BCUT2D eigenvalue weighted by molar-refractivity contribution is 0.320. The average molecular weight is 331 g/mol. The van der Waals surface area contributed by atoms with Gasteiger partial charge in [-0.05, 0) is 35.9 Å². The van der Waals surface area contributed by atoms with Crippen molar-refractivity contribution in [1.82, 2.24) is 15.2 Å². The minimum Gasteiger partial charge on any atom is -0.465 e. The van der Waals surface area contributed by atoms with Crippen LogP contribution in [0.5, 0.6) is 6.08 Å². The van der Waals surface area contributed by atoms with Gasteiger partial charge in [-0.3, -0.25) is 0 Å². The summed E-state index contributed by atoms with van der Waals surface area (Å²) in [6, 6.07) is 7.24. The van der Waals surface area contributed by atoms with Crippen LogP contribution in [-0.2, 0) is 0 Å². The molecular weight excluding hydrogens is 323 g/mol. The van der Waals surface area contributed by atoms with E-state index in [9.17, 15) is 18.3 Å². The fourth-order valence-electron chi connectivity index (χ4n) is 2.59. The van der Waals surface area contributed by atoms with Crippen LogP contribution in [0.4, 0.5) is 13.2 Å². The third-order valence-corrected chi connectivity index (χ3v) is 3.59. The molecule has 0 spiro atoms. The number of fused-ring (bicyclic) bond motifs is 1.